The minimum absolute atomic E-state index is 0.230. The van der Waals surface area contributed by atoms with Crippen molar-refractivity contribution in [3.05, 3.63) is 16.7 Å². The Hall–Kier alpha value is -1.60. The Balaban J connectivity index is 2.00. The molecule has 1 aromatic heterocycles. The van der Waals surface area contributed by atoms with Gasteiger partial charge in [-0.15, -0.1) is 0 Å². The normalized spacial score (nSPS) is 16.8. The van der Waals surface area contributed by atoms with Crippen molar-refractivity contribution in [2.24, 2.45) is 5.73 Å². The highest BCUT2D eigenvalue weighted by Crippen LogP contribution is 2.21. The number of rotatable bonds is 6. The molecule has 0 aliphatic carbocycles. The SMILES string of the molecule is COc1c(N2CCCN(CCCCN)CC2)nc[nH]c1=O. The number of aromatic amines is 1. The lowest BCUT2D eigenvalue weighted by Crippen LogP contribution is -2.33. The summed E-state index contributed by atoms with van der Waals surface area (Å²) in [7, 11) is 1.51. The molecule has 0 atom stereocenters. The molecule has 0 amide bonds. The number of aromatic nitrogens is 2. The van der Waals surface area contributed by atoms with Crippen LogP contribution in [0, 0.1) is 0 Å². The van der Waals surface area contributed by atoms with E-state index < -0.39 is 0 Å². The summed E-state index contributed by atoms with van der Waals surface area (Å²) in [5.41, 5.74) is 5.31. The molecule has 0 saturated carbocycles. The zero-order chi connectivity index (χ0) is 15.1. The highest BCUT2D eigenvalue weighted by molar-refractivity contribution is 5.50. The molecule has 21 heavy (non-hydrogen) atoms. The Bertz CT molecular complexity index is 490. The molecule has 1 aromatic rings. The van der Waals surface area contributed by atoms with Crippen LogP contribution in [0.3, 0.4) is 0 Å². The maximum atomic E-state index is 11.8. The van der Waals surface area contributed by atoms with E-state index >= 15 is 0 Å². The lowest BCUT2D eigenvalue weighted by atomic mass is 10.3. The van der Waals surface area contributed by atoms with Crippen molar-refractivity contribution in [1.82, 2.24) is 14.9 Å². The van der Waals surface area contributed by atoms with Gasteiger partial charge in [-0.3, -0.25) is 4.79 Å². The topological polar surface area (TPSA) is 87.5 Å². The molecule has 2 heterocycles. The molecule has 2 rings (SSSR count). The fourth-order valence-corrected chi connectivity index (χ4v) is 2.67. The van der Waals surface area contributed by atoms with Crippen LogP contribution in [0.5, 0.6) is 5.75 Å². The molecule has 0 spiro atoms. The average molecular weight is 295 g/mol. The second kappa shape index (κ2) is 7.99. The molecular formula is C14H25N5O2. The lowest BCUT2D eigenvalue weighted by Gasteiger charge is -2.23. The van der Waals surface area contributed by atoms with Crippen molar-refractivity contribution in [3.63, 3.8) is 0 Å². The summed E-state index contributed by atoms with van der Waals surface area (Å²) in [6.07, 6.45) is 4.71. The van der Waals surface area contributed by atoms with Crippen LogP contribution in [0.25, 0.3) is 0 Å². The number of H-pyrrole nitrogens is 1. The summed E-state index contributed by atoms with van der Waals surface area (Å²) in [6, 6.07) is 0. The van der Waals surface area contributed by atoms with E-state index in [4.69, 9.17) is 10.5 Å². The highest BCUT2D eigenvalue weighted by Gasteiger charge is 2.20. The molecule has 1 saturated heterocycles. The van der Waals surface area contributed by atoms with Crippen molar-refractivity contribution in [1.29, 1.82) is 0 Å². The van der Waals surface area contributed by atoms with Gasteiger partial charge in [-0.05, 0) is 38.9 Å². The molecule has 3 N–H and O–H groups in total. The largest absolute Gasteiger partial charge is 0.489 e. The number of ether oxygens (including phenoxy) is 1. The van der Waals surface area contributed by atoms with E-state index in [1.165, 1.54) is 13.4 Å². The fraction of sp³-hybridized carbons (Fsp3) is 0.714. The van der Waals surface area contributed by atoms with Crippen molar-refractivity contribution in [2.75, 3.05) is 51.3 Å². The smallest absolute Gasteiger partial charge is 0.295 e. The third-order valence-corrected chi connectivity index (χ3v) is 3.81. The Kier molecular flexibility index (Phi) is 6.01. The highest BCUT2D eigenvalue weighted by atomic mass is 16.5. The third-order valence-electron chi connectivity index (χ3n) is 3.81. The van der Waals surface area contributed by atoms with Gasteiger partial charge in [0, 0.05) is 19.6 Å². The molecule has 0 aromatic carbocycles. The molecular weight excluding hydrogens is 270 g/mol. The van der Waals surface area contributed by atoms with Crippen LogP contribution in [0.2, 0.25) is 0 Å². The first-order valence-electron chi connectivity index (χ1n) is 7.55. The Labute approximate surface area is 125 Å². The number of unbranched alkanes of at least 4 members (excludes halogenated alkanes) is 1. The molecule has 118 valence electrons. The zero-order valence-corrected chi connectivity index (χ0v) is 12.7. The molecule has 1 aliphatic rings. The molecule has 1 aliphatic heterocycles. The van der Waals surface area contributed by atoms with Gasteiger partial charge >= 0.3 is 0 Å². The van der Waals surface area contributed by atoms with Crippen LogP contribution in [0.15, 0.2) is 11.1 Å². The number of methoxy groups -OCH3 is 1. The van der Waals surface area contributed by atoms with Crippen molar-refractivity contribution < 1.29 is 4.74 Å². The van der Waals surface area contributed by atoms with E-state index in [1.54, 1.807) is 0 Å². The average Bonchev–Trinajstić information content (AvgIpc) is 2.73. The summed E-state index contributed by atoms with van der Waals surface area (Å²) in [5, 5.41) is 0. The van der Waals surface area contributed by atoms with E-state index in [1.807, 2.05) is 0 Å². The lowest BCUT2D eigenvalue weighted by molar-refractivity contribution is 0.287. The maximum Gasteiger partial charge on any atom is 0.295 e. The number of anilines is 1. The molecule has 7 nitrogen and oxygen atoms in total. The quantitative estimate of drug-likeness (QED) is 0.720. The van der Waals surface area contributed by atoms with Crippen LogP contribution >= 0.6 is 0 Å². The van der Waals surface area contributed by atoms with Gasteiger partial charge in [0.05, 0.1) is 13.4 Å². The van der Waals surface area contributed by atoms with E-state index in [0.717, 1.165) is 58.5 Å². The summed E-state index contributed by atoms with van der Waals surface area (Å²) < 4.78 is 5.20. The van der Waals surface area contributed by atoms with Crippen LogP contribution in [-0.2, 0) is 0 Å². The number of nitrogens with one attached hydrogen (secondary N) is 1. The van der Waals surface area contributed by atoms with Crippen LogP contribution in [-0.4, -0.2) is 61.2 Å². The Morgan fingerprint density at radius 1 is 1.33 bits per heavy atom. The van der Waals surface area contributed by atoms with Gasteiger partial charge in [-0.2, -0.15) is 0 Å². The first-order chi connectivity index (χ1) is 10.3. The first-order valence-corrected chi connectivity index (χ1v) is 7.55. The second-order valence-corrected chi connectivity index (χ2v) is 5.27. The standard InChI is InChI=1S/C14H25N5O2/c1-21-12-13(16-11-17-14(12)20)19-8-4-7-18(9-10-19)6-3-2-5-15/h11H,2-10,15H2,1H3,(H,16,17,20). The fourth-order valence-electron chi connectivity index (χ4n) is 2.67. The van der Waals surface area contributed by atoms with Crippen molar-refractivity contribution >= 4 is 5.82 Å². The van der Waals surface area contributed by atoms with Gasteiger partial charge in [0.25, 0.3) is 5.56 Å². The summed E-state index contributed by atoms with van der Waals surface area (Å²) >= 11 is 0. The molecule has 0 unspecified atom stereocenters. The second-order valence-electron chi connectivity index (χ2n) is 5.27. The molecule has 1 fully saturated rings. The minimum atomic E-state index is -0.230. The van der Waals surface area contributed by atoms with Crippen LogP contribution in [0.4, 0.5) is 5.82 Å². The van der Waals surface area contributed by atoms with Gasteiger partial charge in [0.2, 0.25) is 5.75 Å². The first kappa shape index (κ1) is 15.8. The van der Waals surface area contributed by atoms with E-state index in [9.17, 15) is 4.79 Å². The predicted molar refractivity (Wildman–Crippen MR) is 83.0 cm³/mol. The summed E-state index contributed by atoms with van der Waals surface area (Å²) in [6.45, 7) is 5.64. The van der Waals surface area contributed by atoms with Crippen LogP contribution in [0.1, 0.15) is 19.3 Å². The number of nitrogens with two attached hydrogens (primary N) is 1. The number of nitrogens with zero attached hydrogens (tertiary/aromatic N) is 3. The van der Waals surface area contributed by atoms with Crippen molar-refractivity contribution in [2.45, 2.75) is 19.3 Å². The van der Waals surface area contributed by atoms with Gasteiger partial charge in [-0.1, -0.05) is 0 Å². The summed E-state index contributed by atoms with van der Waals surface area (Å²) in [4.78, 5) is 23.2. The predicted octanol–water partition coefficient (Wildman–Crippen LogP) is 0.0295. The van der Waals surface area contributed by atoms with E-state index in [-0.39, 0.29) is 5.56 Å². The molecule has 0 bridgehead atoms. The van der Waals surface area contributed by atoms with Gasteiger partial charge in [0.15, 0.2) is 5.82 Å². The number of hydrogen-bond donors (Lipinski definition) is 2. The van der Waals surface area contributed by atoms with E-state index in [2.05, 4.69) is 19.8 Å². The van der Waals surface area contributed by atoms with Gasteiger partial charge in [0.1, 0.15) is 0 Å². The van der Waals surface area contributed by atoms with Gasteiger partial charge < -0.3 is 25.3 Å². The van der Waals surface area contributed by atoms with Gasteiger partial charge in [-0.25, -0.2) is 4.98 Å². The monoisotopic (exact) mass is 295 g/mol. The molecule has 0 radical (unpaired) electrons. The summed E-state index contributed by atoms with van der Waals surface area (Å²) in [5.74, 6) is 0.944. The third kappa shape index (κ3) is 4.18. The molecule has 7 heteroatoms. The Morgan fingerprint density at radius 2 is 2.19 bits per heavy atom. The maximum absolute atomic E-state index is 11.8. The Morgan fingerprint density at radius 3 is 2.95 bits per heavy atom. The van der Waals surface area contributed by atoms with Crippen molar-refractivity contribution in [3.8, 4) is 5.75 Å². The van der Waals surface area contributed by atoms with Crippen LogP contribution < -0.4 is 20.9 Å². The van der Waals surface area contributed by atoms with E-state index in [0.29, 0.717) is 11.6 Å². The minimum Gasteiger partial charge on any atom is -0.489 e. The zero-order valence-electron chi connectivity index (χ0n) is 12.7. The number of hydrogen-bond acceptors (Lipinski definition) is 6.